The molecule has 0 spiro atoms. The summed E-state index contributed by atoms with van der Waals surface area (Å²) in [5.41, 5.74) is 3.09. The SMILES string of the molecule is COc1ccc(CC(=O)N(Cc2ccc(C)cc2)[C@H](C)C(=O)NC2CCCCC2)cc1. The highest BCUT2D eigenvalue weighted by molar-refractivity contribution is 5.88. The van der Waals surface area contributed by atoms with Gasteiger partial charge in [-0.05, 0) is 49.9 Å². The molecule has 0 aromatic heterocycles. The first kappa shape index (κ1) is 22.9. The van der Waals surface area contributed by atoms with E-state index in [2.05, 4.69) is 5.32 Å². The maximum absolute atomic E-state index is 13.3. The van der Waals surface area contributed by atoms with Crippen molar-refractivity contribution in [1.82, 2.24) is 10.2 Å². The lowest BCUT2D eigenvalue weighted by atomic mass is 9.95. The lowest BCUT2D eigenvalue weighted by molar-refractivity contribution is -0.140. The van der Waals surface area contributed by atoms with Gasteiger partial charge in [0.2, 0.25) is 11.8 Å². The minimum Gasteiger partial charge on any atom is -0.497 e. The van der Waals surface area contributed by atoms with Gasteiger partial charge in [-0.3, -0.25) is 9.59 Å². The summed E-state index contributed by atoms with van der Waals surface area (Å²) >= 11 is 0. The molecule has 0 radical (unpaired) electrons. The molecule has 5 nitrogen and oxygen atoms in total. The van der Waals surface area contributed by atoms with Gasteiger partial charge in [0, 0.05) is 12.6 Å². The first-order valence-corrected chi connectivity index (χ1v) is 11.2. The number of benzene rings is 2. The zero-order valence-corrected chi connectivity index (χ0v) is 18.9. The molecule has 1 saturated carbocycles. The number of carbonyl (C=O) groups is 2. The fourth-order valence-electron chi connectivity index (χ4n) is 4.06. The number of nitrogens with one attached hydrogen (secondary N) is 1. The molecule has 0 unspecified atom stereocenters. The summed E-state index contributed by atoms with van der Waals surface area (Å²) in [4.78, 5) is 28.0. The Morgan fingerprint density at radius 3 is 2.23 bits per heavy atom. The lowest BCUT2D eigenvalue weighted by Gasteiger charge is -2.31. The van der Waals surface area contributed by atoms with E-state index in [0.29, 0.717) is 6.54 Å². The van der Waals surface area contributed by atoms with Crippen LogP contribution in [0.3, 0.4) is 0 Å². The molecule has 1 aliphatic carbocycles. The summed E-state index contributed by atoms with van der Waals surface area (Å²) in [5, 5.41) is 3.18. The summed E-state index contributed by atoms with van der Waals surface area (Å²) < 4.78 is 5.20. The molecule has 1 aliphatic rings. The second-order valence-electron chi connectivity index (χ2n) is 8.55. The van der Waals surface area contributed by atoms with E-state index in [0.717, 1.165) is 42.6 Å². The van der Waals surface area contributed by atoms with Crippen LogP contribution in [-0.4, -0.2) is 35.9 Å². The Morgan fingerprint density at radius 1 is 1.00 bits per heavy atom. The Balaban J connectivity index is 1.74. The number of hydrogen-bond acceptors (Lipinski definition) is 3. The topological polar surface area (TPSA) is 58.6 Å². The van der Waals surface area contributed by atoms with Crippen LogP contribution >= 0.6 is 0 Å². The quantitative estimate of drug-likeness (QED) is 0.685. The lowest BCUT2D eigenvalue weighted by Crippen LogP contribution is -2.50. The normalized spacial score (nSPS) is 15.2. The summed E-state index contributed by atoms with van der Waals surface area (Å²) in [5.74, 6) is 0.632. The third-order valence-corrected chi connectivity index (χ3v) is 6.11. The molecule has 0 saturated heterocycles. The molecule has 1 N–H and O–H groups in total. The molecule has 31 heavy (non-hydrogen) atoms. The van der Waals surface area contributed by atoms with E-state index in [4.69, 9.17) is 4.74 Å². The van der Waals surface area contributed by atoms with Crippen molar-refractivity contribution in [2.75, 3.05) is 7.11 Å². The number of aryl methyl sites for hydroxylation is 1. The Labute approximate surface area is 185 Å². The third-order valence-electron chi connectivity index (χ3n) is 6.11. The van der Waals surface area contributed by atoms with Crippen molar-refractivity contribution in [3.05, 3.63) is 65.2 Å². The molecule has 0 aliphatic heterocycles. The molecule has 5 heteroatoms. The molecule has 1 atom stereocenters. The minimum atomic E-state index is -0.533. The monoisotopic (exact) mass is 422 g/mol. The number of methoxy groups -OCH3 is 1. The van der Waals surface area contributed by atoms with Crippen molar-refractivity contribution in [2.45, 2.75) is 71.0 Å². The van der Waals surface area contributed by atoms with Gasteiger partial charge in [-0.25, -0.2) is 0 Å². The fraction of sp³-hybridized carbons (Fsp3) is 0.462. The first-order chi connectivity index (χ1) is 15.0. The van der Waals surface area contributed by atoms with Crippen LogP contribution in [-0.2, 0) is 22.6 Å². The van der Waals surface area contributed by atoms with Gasteiger partial charge in [0.1, 0.15) is 11.8 Å². The molecule has 0 bridgehead atoms. The number of ether oxygens (including phenoxy) is 1. The Morgan fingerprint density at radius 2 is 1.61 bits per heavy atom. The molecular weight excluding hydrogens is 388 g/mol. The Kier molecular flexibility index (Phi) is 8.10. The van der Waals surface area contributed by atoms with Gasteiger partial charge in [0.15, 0.2) is 0 Å². The summed E-state index contributed by atoms with van der Waals surface area (Å²) in [7, 11) is 1.62. The van der Waals surface area contributed by atoms with Gasteiger partial charge in [0.05, 0.1) is 13.5 Å². The minimum absolute atomic E-state index is 0.0583. The zero-order valence-electron chi connectivity index (χ0n) is 18.9. The van der Waals surface area contributed by atoms with E-state index in [1.54, 1.807) is 12.0 Å². The van der Waals surface area contributed by atoms with Crippen LogP contribution in [0, 0.1) is 6.92 Å². The molecule has 2 aromatic rings. The van der Waals surface area contributed by atoms with Crippen molar-refractivity contribution < 1.29 is 14.3 Å². The summed E-state index contributed by atoms with van der Waals surface area (Å²) in [6.45, 7) is 4.28. The third kappa shape index (κ3) is 6.58. The van der Waals surface area contributed by atoms with E-state index < -0.39 is 6.04 Å². The van der Waals surface area contributed by atoms with E-state index in [9.17, 15) is 9.59 Å². The van der Waals surface area contributed by atoms with Crippen molar-refractivity contribution in [3.63, 3.8) is 0 Å². The number of nitrogens with zero attached hydrogens (tertiary/aromatic N) is 1. The van der Waals surface area contributed by atoms with Crippen molar-refractivity contribution in [1.29, 1.82) is 0 Å². The first-order valence-electron chi connectivity index (χ1n) is 11.2. The van der Waals surface area contributed by atoms with Gasteiger partial charge >= 0.3 is 0 Å². The molecule has 166 valence electrons. The Bertz CT molecular complexity index is 855. The molecule has 1 fully saturated rings. The zero-order chi connectivity index (χ0) is 22.2. The van der Waals surface area contributed by atoms with Crippen molar-refractivity contribution in [2.24, 2.45) is 0 Å². The largest absolute Gasteiger partial charge is 0.497 e. The maximum atomic E-state index is 13.3. The Hall–Kier alpha value is -2.82. The molecule has 3 rings (SSSR count). The molecule has 0 heterocycles. The van der Waals surface area contributed by atoms with Crippen LogP contribution in [0.2, 0.25) is 0 Å². The van der Waals surface area contributed by atoms with Crippen LogP contribution in [0.25, 0.3) is 0 Å². The molecule has 2 aromatic carbocycles. The van der Waals surface area contributed by atoms with Crippen molar-refractivity contribution >= 4 is 11.8 Å². The predicted octanol–water partition coefficient (Wildman–Crippen LogP) is 4.41. The standard InChI is InChI=1S/C26H34N2O3/c1-19-9-11-22(12-10-19)18-28(20(2)26(30)27-23-7-5-4-6-8-23)25(29)17-21-13-15-24(31-3)16-14-21/h9-16,20,23H,4-8,17-18H2,1-3H3,(H,27,30)/t20-/m1/s1. The average molecular weight is 423 g/mol. The fourth-order valence-corrected chi connectivity index (χ4v) is 4.06. The highest BCUT2D eigenvalue weighted by Crippen LogP contribution is 2.19. The molecular formula is C26H34N2O3. The van der Waals surface area contributed by atoms with Gasteiger partial charge < -0.3 is 15.0 Å². The average Bonchev–Trinajstić information content (AvgIpc) is 2.79. The van der Waals surface area contributed by atoms with Crippen molar-refractivity contribution in [3.8, 4) is 5.75 Å². The second-order valence-corrected chi connectivity index (χ2v) is 8.55. The highest BCUT2D eigenvalue weighted by atomic mass is 16.5. The van der Waals surface area contributed by atoms with E-state index >= 15 is 0 Å². The van der Waals surface area contributed by atoms with Gasteiger partial charge in [-0.1, -0.05) is 61.2 Å². The van der Waals surface area contributed by atoms with Crippen LogP contribution in [0.1, 0.15) is 55.7 Å². The number of carbonyl (C=O) groups excluding carboxylic acids is 2. The van der Waals surface area contributed by atoms with Crippen LogP contribution < -0.4 is 10.1 Å². The number of hydrogen-bond donors (Lipinski definition) is 1. The number of rotatable bonds is 8. The maximum Gasteiger partial charge on any atom is 0.242 e. The second kappa shape index (κ2) is 11.0. The molecule has 2 amide bonds. The van der Waals surface area contributed by atoms with Gasteiger partial charge in [-0.2, -0.15) is 0 Å². The number of amides is 2. The van der Waals surface area contributed by atoms with Gasteiger partial charge in [0.25, 0.3) is 0 Å². The summed E-state index contributed by atoms with van der Waals surface area (Å²) in [6.07, 6.45) is 5.84. The smallest absolute Gasteiger partial charge is 0.242 e. The predicted molar refractivity (Wildman–Crippen MR) is 123 cm³/mol. The van der Waals surface area contributed by atoms with Crippen LogP contribution in [0.5, 0.6) is 5.75 Å². The van der Waals surface area contributed by atoms with E-state index in [1.807, 2.05) is 62.4 Å². The van der Waals surface area contributed by atoms with E-state index in [1.165, 1.54) is 12.0 Å². The van der Waals surface area contributed by atoms with E-state index in [-0.39, 0.29) is 24.3 Å². The summed E-state index contributed by atoms with van der Waals surface area (Å²) in [6, 6.07) is 15.3. The highest BCUT2D eigenvalue weighted by Gasteiger charge is 2.28. The van der Waals surface area contributed by atoms with Crippen LogP contribution in [0.15, 0.2) is 48.5 Å². The van der Waals surface area contributed by atoms with Gasteiger partial charge in [-0.15, -0.1) is 0 Å². The van der Waals surface area contributed by atoms with Crippen LogP contribution in [0.4, 0.5) is 0 Å².